The predicted octanol–water partition coefficient (Wildman–Crippen LogP) is 8.35. The lowest BCUT2D eigenvalue weighted by atomic mass is 10.1. The third kappa shape index (κ3) is 7.91. The average Bonchev–Trinajstić information content (AvgIpc) is 3.20. The number of fused-ring (bicyclic) bond motifs is 1. The maximum Gasteiger partial charge on any atom is 0.210 e. The van der Waals surface area contributed by atoms with Gasteiger partial charge in [-0.15, -0.1) is 0 Å². The van der Waals surface area contributed by atoms with Crippen molar-refractivity contribution in [2.75, 3.05) is 6.61 Å². The zero-order chi connectivity index (χ0) is 20.9. The van der Waals surface area contributed by atoms with Gasteiger partial charge in [-0.2, -0.15) is 0 Å². The molecule has 3 rings (SSSR count). The van der Waals surface area contributed by atoms with E-state index in [0.717, 1.165) is 35.0 Å². The fourth-order valence-corrected chi connectivity index (χ4v) is 4.29. The van der Waals surface area contributed by atoms with Crippen molar-refractivity contribution in [1.82, 2.24) is 4.98 Å². The van der Waals surface area contributed by atoms with E-state index in [9.17, 15) is 0 Å². The zero-order valence-corrected chi connectivity index (χ0v) is 19.0. The van der Waals surface area contributed by atoms with Gasteiger partial charge in [0.25, 0.3) is 0 Å². The Hall–Kier alpha value is -2.20. The number of hydrogen-bond acceptors (Lipinski definition) is 4. The first-order valence-electron chi connectivity index (χ1n) is 11.5. The molecule has 0 unspecified atom stereocenters. The van der Waals surface area contributed by atoms with Gasteiger partial charge in [0.05, 0.1) is 16.8 Å². The van der Waals surface area contributed by atoms with E-state index in [2.05, 4.69) is 23.0 Å². The lowest BCUT2D eigenvalue weighted by molar-refractivity contribution is 0.304. The molecule has 0 aliphatic carbocycles. The number of benzene rings is 2. The van der Waals surface area contributed by atoms with Gasteiger partial charge in [-0.1, -0.05) is 88.2 Å². The highest BCUT2D eigenvalue weighted by Crippen LogP contribution is 2.27. The molecule has 0 radical (unpaired) electrons. The van der Waals surface area contributed by atoms with Gasteiger partial charge in [0, 0.05) is 6.21 Å². The minimum Gasteiger partial charge on any atom is -0.494 e. The summed E-state index contributed by atoms with van der Waals surface area (Å²) in [5.41, 5.74) is 2.06. The Bertz CT molecular complexity index is 852. The summed E-state index contributed by atoms with van der Waals surface area (Å²) in [7, 11) is 0. The fourth-order valence-electron chi connectivity index (χ4n) is 3.47. The molecule has 0 bridgehead atoms. The molecule has 2 aromatic carbocycles. The third-order valence-electron chi connectivity index (χ3n) is 5.25. The number of rotatable bonds is 14. The van der Waals surface area contributed by atoms with Crippen molar-refractivity contribution in [3.05, 3.63) is 54.1 Å². The van der Waals surface area contributed by atoms with E-state index in [-0.39, 0.29) is 0 Å². The molecule has 1 heterocycles. The van der Waals surface area contributed by atoms with Crippen LogP contribution in [0.1, 0.15) is 76.7 Å². The van der Waals surface area contributed by atoms with E-state index in [1.807, 2.05) is 48.7 Å². The molecule has 0 N–H and O–H groups in total. The molecule has 4 heteroatoms. The Balaban J connectivity index is 1.29. The van der Waals surface area contributed by atoms with Crippen molar-refractivity contribution in [2.45, 2.75) is 71.1 Å². The average molecular weight is 423 g/mol. The summed E-state index contributed by atoms with van der Waals surface area (Å²) in [5.74, 6) is 0.933. The Morgan fingerprint density at radius 2 is 1.50 bits per heavy atom. The third-order valence-corrected chi connectivity index (χ3v) is 6.20. The number of aromatic nitrogens is 1. The van der Waals surface area contributed by atoms with Crippen molar-refractivity contribution < 1.29 is 4.74 Å². The highest BCUT2D eigenvalue weighted by atomic mass is 32.1. The number of aliphatic imine (C=N–C) groups is 1. The summed E-state index contributed by atoms with van der Waals surface area (Å²) < 4.78 is 7.05. The molecule has 30 heavy (non-hydrogen) atoms. The first-order chi connectivity index (χ1) is 14.8. The van der Waals surface area contributed by atoms with Crippen molar-refractivity contribution >= 4 is 32.9 Å². The summed E-state index contributed by atoms with van der Waals surface area (Å²) in [6, 6.07) is 16.3. The summed E-state index contributed by atoms with van der Waals surface area (Å²) in [6.07, 6.45) is 15.3. The molecule has 1 aromatic heterocycles. The topological polar surface area (TPSA) is 34.5 Å². The van der Waals surface area contributed by atoms with Crippen LogP contribution >= 0.6 is 11.3 Å². The van der Waals surface area contributed by atoms with Crippen LogP contribution in [0.4, 0.5) is 5.13 Å². The number of hydrogen-bond donors (Lipinski definition) is 0. The second-order valence-electron chi connectivity index (χ2n) is 7.82. The van der Waals surface area contributed by atoms with Gasteiger partial charge in [0.2, 0.25) is 5.13 Å². The van der Waals surface area contributed by atoms with Crippen LogP contribution in [0, 0.1) is 0 Å². The number of nitrogens with zero attached hydrogens (tertiary/aromatic N) is 2. The van der Waals surface area contributed by atoms with E-state index < -0.39 is 0 Å². The van der Waals surface area contributed by atoms with Crippen molar-refractivity contribution in [3.8, 4) is 5.75 Å². The predicted molar refractivity (Wildman–Crippen MR) is 131 cm³/mol. The standard InChI is InChI=1S/C26H34N2OS/c1-2-3-4-5-6-7-8-9-10-13-20-29-23-18-16-22(17-19-23)21-27-26-28-24-14-11-12-15-25(24)30-26/h11-12,14-19,21H,2-10,13,20H2,1H3/b27-21+. The van der Waals surface area contributed by atoms with Gasteiger partial charge < -0.3 is 4.74 Å². The van der Waals surface area contributed by atoms with E-state index >= 15 is 0 Å². The fraction of sp³-hybridized carbons (Fsp3) is 0.462. The van der Waals surface area contributed by atoms with Gasteiger partial charge in [0.15, 0.2) is 0 Å². The second kappa shape index (κ2) is 13.2. The van der Waals surface area contributed by atoms with Crippen molar-refractivity contribution in [2.24, 2.45) is 4.99 Å². The van der Waals surface area contributed by atoms with Crippen LogP contribution in [0.2, 0.25) is 0 Å². The Morgan fingerprint density at radius 1 is 0.833 bits per heavy atom. The van der Waals surface area contributed by atoms with Crippen LogP contribution in [0.15, 0.2) is 53.5 Å². The highest BCUT2D eigenvalue weighted by molar-refractivity contribution is 7.22. The normalized spacial score (nSPS) is 11.5. The van der Waals surface area contributed by atoms with E-state index in [1.165, 1.54) is 62.5 Å². The monoisotopic (exact) mass is 422 g/mol. The molecule has 0 aliphatic heterocycles. The minimum absolute atomic E-state index is 0.789. The van der Waals surface area contributed by atoms with Crippen molar-refractivity contribution in [3.63, 3.8) is 0 Å². The Morgan fingerprint density at radius 3 is 2.20 bits per heavy atom. The SMILES string of the molecule is CCCCCCCCCCCCOc1ccc(/C=N/c2nc3ccccc3s2)cc1. The maximum atomic E-state index is 5.88. The van der Waals surface area contributed by atoms with Crippen LogP contribution in [-0.2, 0) is 0 Å². The maximum absolute atomic E-state index is 5.88. The number of unbranched alkanes of at least 4 members (excludes halogenated alkanes) is 9. The first kappa shape index (κ1) is 22.5. The largest absolute Gasteiger partial charge is 0.494 e. The molecular weight excluding hydrogens is 388 g/mol. The molecule has 0 fully saturated rings. The summed E-state index contributed by atoms with van der Waals surface area (Å²) in [6.45, 7) is 3.08. The quantitative estimate of drug-likeness (QED) is 0.193. The summed E-state index contributed by atoms with van der Waals surface area (Å²) in [5, 5.41) is 0.789. The Kier molecular flexibility index (Phi) is 9.87. The molecule has 0 saturated heterocycles. The van der Waals surface area contributed by atoms with Crippen LogP contribution in [0.3, 0.4) is 0 Å². The number of thiazole rings is 1. The molecule has 3 nitrogen and oxygen atoms in total. The van der Waals surface area contributed by atoms with Gasteiger partial charge >= 0.3 is 0 Å². The van der Waals surface area contributed by atoms with Gasteiger partial charge in [0.1, 0.15) is 5.75 Å². The smallest absolute Gasteiger partial charge is 0.210 e. The van der Waals surface area contributed by atoms with Crippen LogP contribution < -0.4 is 4.74 Å². The molecule has 0 atom stereocenters. The van der Waals surface area contributed by atoms with Crippen LogP contribution in [0.5, 0.6) is 5.75 Å². The highest BCUT2D eigenvalue weighted by Gasteiger charge is 2.01. The molecule has 3 aromatic rings. The molecule has 0 saturated carbocycles. The van der Waals surface area contributed by atoms with E-state index in [4.69, 9.17) is 4.74 Å². The minimum atomic E-state index is 0.789. The van der Waals surface area contributed by atoms with Gasteiger partial charge in [-0.3, -0.25) is 0 Å². The summed E-state index contributed by atoms with van der Waals surface area (Å²) >= 11 is 1.61. The van der Waals surface area contributed by atoms with Crippen LogP contribution in [-0.4, -0.2) is 17.8 Å². The first-order valence-corrected chi connectivity index (χ1v) is 12.3. The Labute approximate surface area is 185 Å². The summed E-state index contributed by atoms with van der Waals surface area (Å²) in [4.78, 5) is 9.05. The number of ether oxygens (including phenoxy) is 1. The second-order valence-corrected chi connectivity index (χ2v) is 8.83. The number of para-hydroxylation sites is 1. The molecule has 0 aliphatic rings. The lowest BCUT2D eigenvalue weighted by Crippen LogP contribution is -1.97. The van der Waals surface area contributed by atoms with Crippen LogP contribution in [0.25, 0.3) is 10.2 Å². The molecule has 0 amide bonds. The molecule has 160 valence electrons. The zero-order valence-electron chi connectivity index (χ0n) is 18.2. The van der Waals surface area contributed by atoms with Gasteiger partial charge in [-0.05, 0) is 48.4 Å². The van der Waals surface area contributed by atoms with E-state index in [0.29, 0.717) is 0 Å². The van der Waals surface area contributed by atoms with E-state index in [1.54, 1.807) is 11.3 Å². The van der Waals surface area contributed by atoms with Gasteiger partial charge in [-0.25, -0.2) is 9.98 Å². The molecule has 0 spiro atoms. The van der Waals surface area contributed by atoms with Crippen molar-refractivity contribution in [1.29, 1.82) is 0 Å². The lowest BCUT2D eigenvalue weighted by Gasteiger charge is -2.06. The molecular formula is C26H34N2OS.